The average molecular weight is 313 g/mol. The Morgan fingerprint density at radius 2 is 2.13 bits per heavy atom. The van der Waals surface area contributed by atoms with Crippen molar-refractivity contribution in [3.63, 3.8) is 0 Å². The predicted molar refractivity (Wildman–Crippen MR) is 93.0 cm³/mol. The van der Waals surface area contributed by atoms with Crippen LogP contribution in [0.25, 0.3) is 0 Å². The highest BCUT2D eigenvalue weighted by molar-refractivity contribution is 5.89. The molecule has 23 heavy (non-hydrogen) atoms. The zero-order valence-electron chi connectivity index (χ0n) is 13.6. The lowest BCUT2D eigenvalue weighted by atomic mass is 10.1. The van der Waals surface area contributed by atoms with Gasteiger partial charge in [-0.15, -0.1) is 0 Å². The summed E-state index contributed by atoms with van der Waals surface area (Å²) in [4.78, 5) is 15.7. The first kappa shape index (κ1) is 16.8. The average Bonchev–Trinajstić information content (AvgIpc) is 2.57. The van der Waals surface area contributed by atoms with Gasteiger partial charge in [0.05, 0.1) is 19.0 Å². The van der Waals surface area contributed by atoms with E-state index >= 15 is 0 Å². The number of rotatable bonds is 8. The standard InChI is InChI=1S/C18H23N3O2/c1-3-5-18(22)21-17-9-8-15(13-20-17)19-11-10-14-6-4-7-16(12-14)23-2/h4,6-9,12-13,19H,3,5,10-11H2,1-2H3,(H,20,21,22). The van der Waals surface area contributed by atoms with Crippen molar-refractivity contribution in [3.8, 4) is 5.75 Å². The molecule has 1 amide bonds. The lowest BCUT2D eigenvalue weighted by Gasteiger charge is -2.08. The molecule has 0 fully saturated rings. The summed E-state index contributed by atoms with van der Waals surface area (Å²) in [5.41, 5.74) is 2.15. The van der Waals surface area contributed by atoms with Crippen LogP contribution in [0.4, 0.5) is 11.5 Å². The molecule has 0 saturated heterocycles. The van der Waals surface area contributed by atoms with Crippen LogP contribution in [0.3, 0.4) is 0 Å². The fourth-order valence-electron chi connectivity index (χ4n) is 2.18. The highest BCUT2D eigenvalue weighted by atomic mass is 16.5. The second-order valence-electron chi connectivity index (χ2n) is 5.26. The maximum atomic E-state index is 11.5. The van der Waals surface area contributed by atoms with Crippen molar-refractivity contribution in [1.82, 2.24) is 4.98 Å². The van der Waals surface area contributed by atoms with Gasteiger partial charge in [0.15, 0.2) is 0 Å². The van der Waals surface area contributed by atoms with Gasteiger partial charge >= 0.3 is 0 Å². The Morgan fingerprint density at radius 1 is 1.26 bits per heavy atom. The predicted octanol–water partition coefficient (Wildman–Crippen LogP) is 3.48. The van der Waals surface area contributed by atoms with E-state index < -0.39 is 0 Å². The first-order valence-corrected chi connectivity index (χ1v) is 7.84. The molecule has 0 aliphatic heterocycles. The number of carbonyl (C=O) groups excluding carboxylic acids is 1. The van der Waals surface area contributed by atoms with Gasteiger partial charge in [-0.3, -0.25) is 4.79 Å². The van der Waals surface area contributed by atoms with Crippen molar-refractivity contribution >= 4 is 17.4 Å². The molecule has 0 aliphatic carbocycles. The summed E-state index contributed by atoms with van der Waals surface area (Å²) in [5, 5.41) is 6.09. The molecule has 0 radical (unpaired) electrons. The highest BCUT2D eigenvalue weighted by Crippen LogP contribution is 2.14. The maximum Gasteiger partial charge on any atom is 0.225 e. The Morgan fingerprint density at radius 3 is 2.83 bits per heavy atom. The molecule has 0 aliphatic rings. The van der Waals surface area contributed by atoms with E-state index in [2.05, 4.69) is 21.7 Å². The second-order valence-corrected chi connectivity index (χ2v) is 5.26. The van der Waals surface area contributed by atoms with Gasteiger partial charge < -0.3 is 15.4 Å². The van der Waals surface area contributed by atoms with Crippen LogP contribution in [-0.4, -0.2) is 24.5 Å². The van der Waals surface area contributed by atoms with Crippen molar-refractivity contribution in [2.75, 3.05) is 24.3 Å². The number of pyridine rings is 1. The minimum Gasteiger partial charge on any atom is -0.497 e. The van der Waals surface area contributed by atoms with Crippen LogP contribution < -0.4 is 15.4 Å². The molecule has 0 bridgehead atoms. The Kier molecular flexibility index (Phi) is 6.41. The summed E-state index contributed by atoms with van der Waals surface area (Å²) in [6.45, 7) is 2.78. The van der Waals surface area contributed by atoms with Crippen LogP contribution in [0, 0.1) is 0 Å². The molecular formula is C18H23N3O2. The lowest BCUT2D eigenvalue weighted by molar-refractivity contribution is -0.116. The smallest absolute Gasteiger partial charge is 0.225 e. The summed E-state index contributed by atoms with van der Waals surface area (Å²) >= 11 is 0. The van der Waals surface area contributed by atoms with E-state index in [0.29, 0.717) is 12.2 Å². The topological polar surface area (TPSA) is 63.2 Å². The number of hydrogen-bond donors (Lipinski definition) is 2. The van der Waals surface area contributed by atoms with Crippen LogP contribution >= 0.6 is 0 Å². The Balaban J connectivity index is 1.80. The van der Waals surface area contributed by atoms with Gasteiger partial charge in [0, 0.05) is 13.0 Å². The molecule has 1 aromatic heterocycles. The number of carbonyl (C=O) groups is 1. The molecule has 5 nitrogen and oxygen atoms in total. The van der Waals surface area contributed by atoms with E-state index in [1.165, 1.54) is 5.56 Å². The molecule has 0 saturated carbocycles. The molecule has 0 spiro atoms. The van der Waals surface area contributed by atoms with Crippen LogP contribution in [0.1, 0.15) is 25.3 Å². The number of hydrogen-bond acceptors (Lipinski definition) is 4. The molecule has 1 aromatic carbocycles. The SMILES string of the molecule is CCCC(=O)Nc1ccc(NCCc2cccc(OC)c2)cn1. The zero-order chi connectivity index (χ0) is 16.5. The van der Waals surface area contributed by atoms with Gasteiger partial charge in [0.25, 0.3) is 0 Å². The quantitative estimate of drug-likeness (QED) is 0.783. The third-order valence-corrected chi connectivity index (χ3v) is 3.38. The Labute approximate surface area is 137 Å². The van der Waals surface area contributed by atoms with Crippen molar-refractivity contribution in [3.05, 3.63) is 48.2 Å². The van der Waals surface area contributed by atoms with Gasteiger partial charge in [-0.1, -0.05) is 19.1 Å². The number of anilines is 2. The third kappa shape index (κ3) is 5.62. The lowest BCUT2D eigenvalue weighted by Crippen LogP contribution is -2.12. The van der Waals surface area contributed by atoms with Crippen molar-refractivity contribution in [1.29, 1.82) is 0 Å². The first-order chi connectivity index (χ1) is 11.2. The van der Waals surface area contributed by atoms with Crippen molar-refractivity contribution in [2.24, 2.45) is 0 Å². The summed E-state index contributed by atoms with van der Waals surface area (Å²) in [6, 6.07) is 11.8. The van der Waals surface area contributed by atoms with E-state index in [4.69, 9.17) is 4.74 Å². The van der Waals surface area contributed by atoms with E-state index in [0.717, 1.165) is 30.8 Å². The molecule has 5 heteroatoms. The number of nitrogens with one attached hydrogen (secondary N) is 2. The van der Waals surface area contributed by atoms with Crippen molar-refractivity contribution < 1.29 is 9.53 Å². The van der Waals surface area contributed by atoms with E-state index in [1.54, 1.807) is 19.4 Å². The maximum absolute atomic E-state index is 11.5. The number of aromatic nitrogens is 1. The van der Waals surface area contributed by atoms with Gasteiger partial charge in [0.1, 0.15) is 11.6 Å². The second kappa shape index (κ2) is 8.78. The molecule has 0 unspecified atom stereocenters. The van der Waals surface area contributed by atoms with Gasteiger partial charge in [-0.2, -0.15) is 0 Å². The molecule has 2 aromatic rings. The normalized spacial score (nSPS) is 10.2. The number of nitrogens with zero attached hydrogens (tertiary/aromatic N) is 1. The van der Waals surface area contributed by atoms with E-state index in [1.807, 2.05) is 31.2 Å². The third-order valence-electron chi connectivity index (χ3n) is 3.38. The fraction of sp³-hybridized carbons (Fsp3) is 0.333. The number of benzene rings is 1. The number of methoxy groups -OCH3 is 1. The minimum atomic E-state index is -0.00117. The summed E-state index contributed by atoms with van der Waals surface area (Å²) in [7, 11) is 1.67. The summed E-state index contributed by atoms with van der Waals surface area (Å²) in [6.07, 6.45) is 3.97. The summed E-state index contributed by atoms with van der Waals surface area (Å²) in [5.74, 6) is 1.46. The van der Waals surface area contributed by atoms with E-state index in [9.17, 15) is 4.79 Å². The van der Waals surface area contributed by atoms with Crippen LogP contribution in [0.15, 0.2) is 42.6 Å². The van der Waals surface area contributed by atoms with Crippen LogP contribution in [-0.2, 0) is 11.2 Å². The molecular weight excluding hydrogens is 290 g/mol. The Hall–Kier alpha value is -2.56. The molecule has 2 N–H and O–H groups in total. The largest absolute Gasteiger partial charge is 0.497 e. The molecule has 1 heterocycles. The molecule has 122 valence electrons. The van der Waals surface area contributed by atoms with Gasteiger partial charge in [-0.05, 0) is 42.7 Å². The van der Waals surface area contributed by atoms with Crippen LogP contribution in [0.2, 0.25) is 0 Å². The fourth-order valence-corrected chi connectivity index (χ4v) is 2.18. The van der Waals surface area contributed by atoms with Gasteiger partial charge in [0.2, 0.25) is 5.91 Å². The van der Waals surface area contributed by atoms with Gasteiger partial charge in [-0.25, -0.2) is 4.98 Å². The van der Waals surface area contributed by atoms with Crippen molar-refractivity contribution in [2.45, 2.75) is 26.2 Å². The van der Waals surface area contributed by atoms with Crippen LogP contribution in [0.5, 0.6) is 5.75 Å². The monoisotopic (exact) mass is 313 g/mol. The Bertz CT molecular complexity index is 626. The minimum absolute atomic E-state index is 0.00117. The highest BCUT2D eigenvalue weighted by Gasteiger charge is 2.02. The molecule has 0 atom stereocenters. The molecule has 2 rings (SSSR count). The first-order valence-electron chi connectivity index (χ1n) is 7.84. The zero-order valence-corrected chi connectivity index (χ0v) is 13.6. The number of amides is 1. The van der Waals surface area contributed by atoms with E-state index in [-0.39, 0.29) is 5.91 Å². The summed E-state index contributed by atoms with van der Waals surface area (Å²) < 4.78 is 5.22. The number of ether oxygens (including phenoxy) is 1.